The van der Waals surface area contributed by atoms with Gasteiger partial charge in [-0.1, -0.05) is 43.7 Å². The second kappa shape index (κ2) is 7.70. The molecule has 2 atom stereocenters. The largest absolute Gasteiger partial charge is 0.344 e. The van der Waals surface area contributed by atoms with Crippen molar-refractivity contribution in [2.45, 2.75) is 32.2 Å². The summed E-state index contributed by atoms with van der Waals surface area (Å²) in [6.45, 7) is 2.15. The van der Waals surface area contributed by atoms with E-state index >= 15 is 0 Å². The SMILES string of the molecule is CCCc1ccc([C@@H](NC(=O)[C@H]2CCS(=O)(=O)C2)c2cccs2)cc1. The first-order valence-electron chi connectivity index (χ1n) is 8.61. The van der Waals surface area contributed by atoms with E-state index in [0.717, 1.165) is 23.3 Å². The van der Waals surface area contributed by atoms with Gasteiger partial charge < -0.3 is 5.32 Å². The zero-order valence-corrected chi connectivity index (χ0v) is 15.9. The van der Waals surface area contributed by atoms with Gasteiger partial charge in [-0.15, -0.1) is 11.3 Å². The molecule has 134 valence electrons. The van der Waals surface area contributed by atoms with E-state index in [2.05, 4.69) is 36.5 Å². The molecule has 2 aromatic rings. The van der Waals surface area contributed by atoms with Crippen molar-refractivity contribution in [3.8, 4) is 0 Å². The Morgan fingerprint density at radius 2 is 2.04 bits per heavy atom. The van der Waals surface area contributed by atoms with Crippen LogP contribution in [0.3, 0.4) is 0 Å². The average Bonchev–Trinajstić information content (AvgIpc) is 3.23. The van der Waals surface area contributed by atoms with E-state index in [0.29, 0.717) is 6.42 Å². The maximum absolute atomic E-state index is 12.6. The van der Waals surface area contributed by atoms with Crippen LogP contribution in [0.15, 0.2) is 41.8 Å². The minimum Gasteiger partial charge on any atom is -0.344 e. The number of rotatable bonds is 6. The molecule has 1 saturated heterocycles. The lowest BCUT2D eigenvalue weighted by Gasteiger charge is -2.20. The van der Waals surface area contributed by atoms with Gasteiger partial charge in [0.1, 0.15) is 0 Å². The fourth-order valence-corrected chi connectivity index (χ4v) is 5.75. The molecule has 1 aromatic heterocycles. The van der Waals surface area contributed by atoms with Crippen LogP contribution in [0, 0.1) is 5.92 Å². The van der Waals surface area contributed by atoms with Crippen molar-refractivity contribution >= 4 is 27.1 Å². The van der Waals surface area contributed by atoms with E-state index in [1.165, 1.54) is 5.56 Å². The first kappa shape index (κ1) is 18.1. The van der Waals surface area contributed by atoms with Gasteiger partial charge in [-0.25, -0.2) is 8.42 Å². The number of thiophene rings is 1. The van der Waals surface area contributed by atoms with Crippen LogP contribution in [0.5, 0.6) is 0 Å². The van der Waals surface area contributed by atoms with Gasteiger partial charge >= 0.3 is 0 Å². The molecular weight excluding hydrogens is 354 g/mol. The Hall–Kier alpha value is -1.66. The average molecular weight is 378 g/mol. The first-order valence-corrected chi connectivity index (χ1v) is 11.3. The number of nitrogens with one attached hydrogen (secondary N) is 1. The Morgan fingerprint density at radius 1 is 1.28 bits per heavy atom. The van der Waals surface area contributed by atoms with Gasteiger partial charge in [0.15, 0.2) is 9.84 Å². The van der Waals surface area contributed by atoms with Crippen molar-refractivity contribution in [1.82, 2.24) is 5.32 Å². The maximum Gasteiger partial charge on any atom is 0.224 e. The van der Waals surface area contributed by atoms with Crippen molar-refractivity contribution < 1.29 is 13.2 Å². The molecule has 1 aliphatic rings. The molecule has 25 heavy (non-hydrogen) atoms. The fraction of sp³-hybridized carbons (Fsp3) is 0.421. The number of hydrogen-bond acceptors (Lipinski definition) is 4. The predicted octanol–water partition coefficient (Wildman–Crippen LogP) is 3.34. The Bertz CT molecular complexity index is 811. The van der Waals surface area contributed by atoms with Crippen molar-refractivity contribution in [3.05, 3.63) is 57.8 Å². The van der Waals surface area contributed by atoms with Gasteiger partial charge in [0, 0.05) is 4.88 Å². The number of sulfone groups is 1. The van der Waals surface area contributed by atoms with Crippen molar-refractivity contribution in [2.75, 3.05) is 11.5 Å². The highest BCUT2D eigenvalue weighted by atomic mass is 32.2. The molecule has 6 heteroatoms. The monoisotopic (exact) mass is 377 g/mol. The standard InChI is InChI=1S/C19H23NO3S2/c1-2-4-14-6-8-15(9-7-14)18(17-5-3-11-24-17)20-19(21)16-10-12-25(22,23)13-16/h3,5-9,11,16,18H,2,4,10,12-13H2,1H3,(H,20,21)/t16-,18+/m0/s1. The molecule has 0 aliphatic carbocycles. The highest BCUT2D eigenvalue weighted by Gasteiger charge is 2.34. The molecule has 0 spiro atoms. The lowest BCUT2D eigenvalue weighted by Crippen LogP contribution is -2.34. The van der Waals surface area contributed by atoms with Gasteiger partial charge in [-0.05, 0) is 35.4 Å². The Balaban J connectivity index is 1.80. The minimum atomic E-state index is -3.06. The molecule has 3 rings (SSSR count). The maximum atomic E-state index is 12.6. The van der Waals surface area contributed by atoms with Gasteiger partial charge in [-0.3, -0.25) is 4.79 Å². The Kier molecular flexibility index (Phi) is 5.59. The van der Waals surface area contributed by atoms with Crippen molar-refractivity contribution in [2.24, 2.45) is 5.92 Å². The molecule has 1 aliphatic heterocycles. The van der Waals surface area contributed by atoms with E-state index in [4.69, 9.17) is 0 Å². The summed E-state index contributed by atoms with van der Waals surface area (Å²) < 4.78 is 23.3. The third-order valence-electron chi connectivity index (χ3n) is 4.57. The second-order valence-electron chi connectivity index (χ2n) is 6.55. The van der Waals surface area contributed by atoms with Gasteiger partial charge in [-0.2, -0.15) is 0 Å². The quantitative estimate of drug-likeness (QED) is 0.840. The highest BCUT2D eigenvalue weighted by molar-refractivity contribution is 7.91. The van der Waals surface area contributed by atoms with E-state index in [9.17, 15) is 13.2 Å². The zero-order chi connectivity index (χ0) is 17.9. The molecular formula is C19H23NO3S2. The minimum absolute atomic E-state index is 0.0363. The van der Waals surface area contributed by atoms with Crippen LogP contribution in [0.1, 0.15) is 41.8 Å². The van der Waals surface area contributed by atoms with E-state index in [1.54, 1.807) is 11.3 Å². The first-order chi connectivity index (χ1) is 12.0. The summed E-state index contributed by atoms with van der Waals surface area (Å²) in [5, 5.41) is 5.06. The van der Waals surface area contributed by atoms with E-state index in [1.807, 2.05) is 17.5 Å². The topological polar surface area (TPSA) is 63.2 Å². The smallest absolute Gasteiger partial charge is 0.224 e. The van der Waals surface area contributed by atoms with Crippen LogP contribution in [-0.2, 0) is 21.1 Å². The zero-order valence-electron chi connectivity index (χ0n) is 14.3. The normalized spacial score (nSPS) is 20.3. The van der Waals surface area contributed by atoms with Crippen LogP contribution in [0.4, 0.5) is 0 Å². The van der Waals surface area contributed by atoms with Crippen LogP contribution < -0.4 is 5.32 Å². The highest BCUT2D eigenvalue weighted by Crippen LogP contribution is 2.28. The third-order valence-corrected chi connectivity index (χ3v) is 7.27. The predicted molar refractivity (Wildman–Crippen MR) is 102 cm³/mol. The van der Waals surface area contributed by atoms with Crippen LogP contribution >= 0.6 is 11.3 Å². The summed E-state index contributed by atoms with van der Waals surface area (Å²) in [6.07, 6.45) is 2.55. The Morgan fingerprint density at radius 3 is 2.60 bits per heavy atom. The summed E-state index contributed by atoms with van der Waals surface area (Å²) in [7, 11) is -3.06. The summed E-state index contributed by atoms with van der Waals surface area (Å²) in [5.74, 6) is -0.532. The second-order valence-corrected chi connectivity index (χ2v) is 9.76. The molecule has 1 aromatic carbocycles. The van der Waals surface area contributed by atoms with Crippen LogP contribution in [0.2, 0.25) is 0 Å². The molecule has 2 heterocycles. The summed E-state index contributed by atoms with van der Waals surface area (Å²) in [4.78, 5) is 13.7. The molecule has 4 nitrogen and oxygen atoms in total. The number of amides is 1. The summed E-state index contributed by atoms with van der Waals surface area (Å²) in [6, 6.07) is 12.1. The number of benzene rings is 1. The molecule has 1 amide bonds. The molecule has 0 saturated carbocycles. The Labute approximate surface area is 153 Å². The summed E-state index contributed by atoms with van der Waals surface area (Å²) in [5.41, 5.74) is 2.31. The van der Waals surface area contributed by atoms with Crippen LogP contribution in [0.25, 0.3) is 0 Å². The number of hydrogen-bond donors (Lipinski definition) is 1. The van der Waals surface area contributed by atoms with E-state index in [-0.39, 0.29) is 23.5 Å². The molecule has 1 N–H and O–H groups in total. The molecule has 0 radical (unpaired) electrons. The molecule has 1 fully saturated rings. The lowest BCUT2D eigenvalue weighted by atomic mass is 10.0. The lowest BCUT2D eigenvalue weighted by molar-refractivity contribution is -0.124. The fourth-order valence-electron chi connectivity index (χ4n) is 3.20. The van der Waals surface area contributed by atoms with Gasteiger partial charge in [0.2, 0.25) is 5.91 Å². The van der Waals surface area contributed by atoms with Gasteiger partial charge in [0.25, 0.3) is 0 Å². The number of aryl methyl sites for hydroxylation is 1. The number of carbonyl (C=O) groups is 1. The van der Waals surface area contributed by atoms with Crippen molar-refractivity contribution in [1.29, 1.82) is 0 Å². The summed E-state index contributed by atoms with van der Waals surface area (Å²) >= 11 is 1.59. The van der Waals surface area contributed by atoms with Crippen molar-refractivity contribution in [3.63, 3.8) is 0 Å². The number of carbonyl (C=O) groups excluding carboxylic acids is 1. The van der Waals surface area contributed by atoms with Crippen LogP contribution in [-0.4, -0.2) is 25.8 Å². The van der Waals surface area contributed by atoms with Gasteiger partial charge in [0.05, 0.1) is 23.5 Å². The third kappa shape index (κ3) is 4.50. The molecule has 0 bridgehead atoms. The van der Waals surface area contributed by atoms with E-state index < -0.39 is 15.8 Å². The molecule has 0 unspecified atom stereocenters.